The number of anilines is 1. The van der Waals surface area contributed by atoms with Gasteiger partial charge in [-0.15, -0.1) is 0 Å². The second-order valence-corrected chi connectivity index (χ2v) is 14.4. The Morgan fingerprint density at radius 3 is 2.33 bits per heavy atom. The zero-order valence-electron chi connectivity index (χ0n) is 27.5. The Balaban J connectivity index is 1.05. The molecule has 3 heterocycles. The van der Waals surface area contributed by atoms with Crippen LogP contribution in [0.4, 0.5) is 18.9 Å². The summed E-state index contributed by atoms with van der Waals surface area (Å²) in [5.74, 6) is 0.987. The summed E-state index contributed by atoms with van der Waals surface area (Å²) >= 11 is 3.29. The summed E-state index contributed by atoms with van der Waals surface area (Å²) in [5.41, 5.74) is 2.49. The molecule has 5 aromatic rings. The molecule has 16 heteroatoms. The SMILES string of the molecule is COc1ccc(Br)cc1S(=O)(=O)Nc1ccc(Oc2ccc3cc(C(=O)N4CCN(Cc5ccc(OCC(F)(F)F)cc5)CC4)n(C)c3c2)nc1. The van der Waals surface area contributed by atoms with E-state index in [1.54, 1.807) is 42.5 Å². The number of alkyl halides is 3. The highest BCUT2D eigenvalue weighted by Crippen LogP contribution is 2.31. The molecular formula is C35H33BrF3N5O6S. The Morgan fingerprint density at radius 2 is 1.67 bits per heavy atom. The second-order valence-electron chi connectivity index (χ2n) is 11.8. The molecule has 6 rings (SSSR count). The van der Waals surface area contributed by atoms with Crippen LogP contribution in [0.1, 0.15) is 16.1 Å². The maximum absolute atomic E-state index is 13.6. The molecule has 3 aromatic carbocycles. The van der Waals surface area contributed by atoms with Gasteiger partial charge in [0.05, 0.1) is 24.5 Å². The number of methoxy groups -OCH3 is 1. The van der Waals surface area contributed by atoms with Crippen LogP contribution < -0.4 is 18.9 Å². The fourth-order valence-electron chi connectivity index (χ4n) is 5.66. The van der Waals surface area contributed by atoms with Gasteiger partial charge in [-0.1, -0.05) is 28.1 Å². The summed E-state index contributed by atoms with van der Waals surface area (Å²) < 4.78 is 84.1. The van der Waals surface area contributed by atoms with E-state index in [0.29, 0.717) is 48.6 Å². The second kappa shape index (κ2) is 14.8. The van der Waals surface area contributed by atoms with Gasteiger partial charge >= 0.3 is 6.18 Å². The third kappa shape index (κ3) is 8.75. The number of ether oxygens (including phenoxy) is 3. The first-order valence-corrected chi connectivity index (χ1v) is 18.0. The van der Waals surface area contributed by atoms with Crippen molar-refractivity contribution in [2.24, 2.45) is 7.05 Å². The molecule has 1 amide bonds. The number of nitrogens with one attached hydrogen (secondary N) is 1. The predicted molar refractivity (Wildman–Crippen MR) is 188 cm³/mol. The molecule has 268 valence electrons. The Hall–Kier alpha value is -4.80. The summed E-state index contributed by atoms with van der Waals surface area (Å²) in [7, 11) is -0.757. The third-order valence-corrected chi connectivity index (χ3v) is 10.1. The van der Waals surface area contributed by atoms with Crippen molar-refractivity contribution >= 4 is 48.5 Å². The van der Waals surface area contributed by atoms with Crippen molar-refractivity contribution in [3.63, 3.8) is 0 Å². The normalized spacial score (nSPS) is 14.0. The van der Waals surface area contributed by atoms with Crippen LogP contribution in [0.2, 0.25) is 0 Å². The van der Waals surface area contributed by atoms with Crippen LogP contribution in [0.3, 0.4) is 0 Å². The van der Waals surface area contributed by atoms with Gasteiger partial charge in [-0.2, -0.15) is 13.2 Å². The molecule has 0 bridgehead atoms. The number of hydrogen-bond acceptors (Lipinski definition) is 8. The molecule has 11 nitrogen and oxygen atoms in total. The molecule has 1 fully saturated rings. The van der Waals surface area contributed by atoms with Gasteiger partial charge in [0.15, 0.2) is 6.61 Å². The van der Waals surface area contributed by atoms with Crippen LogP contribution in [0.5, 0.6) is 23.1 Å². The summed E-state index contributed by atoms with van der Waals surface area (Å²) in [5, 5.41) is 0.857. The molecule has 1 aliphatic heterocycles. The molecule has 2 aromatic heterocycles. The fraction of sp³-hybridized carbons (Fsp3) is 0.257. The van der Waals surface area contributed by atoms with Gasteiger partial charge in [0, 0.05) is 61.8 Å². The van der Waals surface area contributed by atoms with Gasteiger partial charge in [0.25, 0.3) is 15.9 Å². The number of aromatic nitrogens is 2. The number of benzene rings is 3. The van der Waals surface area contributed by atoms with E-state index >= 15 is 0 Å². The Bertz CT molecular complexity index is 2140. The summed E-state index contributed by atoms with van der Waals surface area (Å²) in [6.07, 6.45) is -3.04. The largest absolute Gasteiger partial charge is 0.495 e. The molecule has 0 aliphatic carbocycles. The van der Waals surface area contributed by atoms with Crippen LogP contribution in [-0.4, -0.2) is 79.7 Å². The highest BCUT2D eigenvalue weighted by molar-refractivity contribution is 9.10. The van der Waals surface area contributed by atoms with Gasteiger partial charge in [-0.25, -0.2) is 13.4 Å². The van der Waals surface area contributed by atoms with E-state index in [2.05, 4.69) is 30.5 Å². The lowest BCUT2D eigenvalue weighted by Gasteiger charge is -2.34. The smallest absolute Gasteiger partial charge is 0.422 e. The van der Waals surface area contributed by atoms with E-state index in [1.165, 1.54) is 37.6 Å². The maximum atomic E-state index is 13.6. The number of carbonyl (C=O) groups is 1. The van der Waals surface area contributed by atoms with Crippen molar-refractivity contribution < 1.29 is 40.6 Å². The standard InChI is InChI=1S/C35H33BrF3N5O6S/c1-42-29-19-28(50-33-12-7-26(20-40-33)41-51(46,47)32-18-25(36)6-11-31(32)48-2)10-5-24(29)17-30(42)34(45)44-15-13-43(14-16-44)21-23-3-8-27(9-4-23)49-22-35(37,38)39/h3-12,17-20,41H,13-16,21-22H2,1-2H3. The first-order chi connectivity index (χ1) is 24.3. The summed E-state index contributed by atoms with van der Waals surface area (Å²) in [6.45, 7) is 1.61. The van der Waals surface area contributed by atoms with E-state index in [-0.39, 0.29) is 33.9 Å². The van der Waals surface area contributed by atoms with Gasteiger partial charge in [0.1, 0.15) is 27.8 Å². The third-order valence-electron chi connectivity index (χ3n) is 8.25. The molecular weight excluding hydrogens is 755 g/mol. The zero-order chi connectivity index (χ0) is 36.3. The Labute approximate surface area is 300 Å². The zero-order valence-corrected chi connectivity index (χ0v) is 29.9. The van der Waals surface area contributed by atoms with Gasteiger partial charge in [0.2, 0.25) is 5.88 Å². The minimum absolute atomic E-state index is 0.0289. The van der Waals surface area contributed by atoms with Crippen molar-refractivity contribution in [2.75, 3.05) is 44.6 Å². The molecule has 0 saturated carbocycles. The quantitative estimate of drug-likeness (QED) is 0.155. The number of piperazine rings is 1. The molecule has 0 atom stereocenters. The van der Waals surface area contributed by atoms with E-state index in [9.17, 15) is 26.4 Å². The number of hydrogen-bond donors (Lipinski definition) is 1. The molecule has 0 spiro atoms. The van der Waals surface area contributed by atoms with Crippen LogP contribution in [0.15, 0.2) is 94.4 Å². The van der Waals surface area contributed by atoms with Gasteiger partial charge in [-0.3, -0.25) is 14.4 Å². The highest BCUT2D eigenvalue weighted by Gasteiger charge is 2.29. The van der Waals surface area contributed by atoms with Crippen molar-refractivity contribution in [1.82, 2.24) is 19.4 Å². The Kier molecular flexibility index (Phi) is 10.5. The lowest BCUT2D eigenvalue weighted by atomic mass is 10.2. The van der Waals surface area contributed by atoms with Gasteiger partial charge in [-0.05, 0) is 60.2 Å². The van der Waals surface area contributed by atoms with E-state index in [1.807, 2.05) is 28.6 Å². The number of fused-ring (bicyclic) bond motifs is 1. The number of amides is 1. The van der Waals surface area contributed by atoms with Crippen molar-refractivity contribution in [1.29, 1.82) is 0 Å². The van der Waals surface area contributed by atoms with Gasteiger partial charge < -0.3 is 23.7 Å². The number of pyridine rings is 1. The minimum atomic E-state index is -4.39. The average Bonchev–Trinajstić information content (AvgIpc) is 3.43. The van der Waals surface area contributed by atoms with Crippen molar-refractivity contribution in [3.05, 3.63) is 101 Å². The molecule has 0 radical (unpaired) electrons. The van der Waals surface area contributed by atoms with E-state index in [0.717, 1.165) is 16.5 Å². The monoisotopic (exact) mass is 787 g/mol. The van der Waals surface area contributed by atoms with Crippen LogP contribution in [0, 0.1) is 0 Å². The Morgan fingerprint density at radius 1 is 0.941 bits per heavy atom. The van der Waals surface area contributed by atoms with Crippen molar-refractivity contribution in [2.45, 2.75) is 17.6 Å². The van der Waals surface area contributed by atoms with Crippen LogP contribution >= 0.6 is 15.9 Å². The van der Waals surface area contributed by atoms with Crippen LogP contribution in [-0.2, 0) is 23.6 Å². The topological polar surface area (TPSA) is 115 Å². The number of carbonyl (C=O) groups excluding carboxylic acids is 1. The lowest BCUT2D eigenvalue weighted by Crippen LogP contribution is -2.48. The van der Waals surface area contributed by atoms with Crippen molar-refractivity contribution in [3.8, 4) is 23.1 Å². The van der Waals surface area contributed by atoms with E-state index < -0.39 is 22.8 Å². The summed E-state index contributed by atoms with van der Waals surface area (Å²) in [6, 6.07) is 21.6. The number of halogens is 4. The maximum Gasteiger partial charge on any atom is 0.422 e. The predicted octanol–water partition coefficient (Wildman–Crippen LogP) is 6.84. The highest BCUT2D eigenvalue weighted by atomic mass is 79.9. The molecule has 1 N–H and O–H groups in total. The fourth-order valence-corrected chi connectivity index (χ4v) is 7.41. The molecule has 51 heavy (non-hydrogen) atoms. The molecule has 0 unspecified atom stereocenters. The number of aryl methyl sites for hydroxylation is 1. The lowest BCUT2D eigenvalue weighted by molar-refractivity contribution is -0.153. The molecule has 1 saturated heterocycles. The number of sulfonamides is 1. The molecule has 1 aliphatic rings. The minimum Gasteiger partial charge on any atom is -0.495 e. The first kappa shape index (κ1) is 36.0. The van der Waals surface area contributed by atoms with E-state index in [4.69, 9.17) is 14.2 Å². The average molecular weight is 789 g/mol. The number of nitrogens with zero attached hydrogens (tertiary/aromatic N) is 4. The first-order valence-electron chi connectivity index (χ1n) is 15.7. The van der Waals surface area contributed by atoms with Crippen LogP contribution in [0.25, 0.3) is 10.9 Å². The summed E-state index contributed by atoms with van der Waals surface area (Å²) in [4.78, 5) is 21.8. The number of rotatable bonds is 11.